The van der Waals surface area contributed by atoms with Crippen molar-refractivity contribution in [1.29, 1.82) is 0 Å². The Balaban J connectivity index is 1.97. The van der Waals surface area contributed by atoms with E-state index in [0.29, 0.717) is 11.3 Å². The number of fused-ring (bicyclic) bond motifs is 1. The van der Waals surface area contributed by atoms with Gasteiger partial charge in [-0.05, 0) is 42.7 Å². The highest BCUT2D eigenvalue weighted by molar-refractivity contribution is 7.16. The van der Waals surface area contributed by atoms with Crippen LogP contribution in [0.1, 0.15) is 40.0 Å². The quantitative estimate of drug-likeness (QED) is 0.701. The highest BCUT2D eigenvalue weighted by Gasteiger charge is 2.29. The average molecular weight is 301 g/mol. The summed E-state index contributed by atoms with van der Waals surface area (Å²) in [5, 5.41) is 9.12. The Kier molecular flexibility index (Phi) is 3.74. The molecule has 0 saturated heterocycles. The molecule has 21 heavy (non-hydrogen) atoms. The lowest BCUT2D eigenvalue weighted by atomic mass is 9.72. The van der Waals surface area contributed by atoms with Crippen LogP contribution in [0.5, 0.6) is 0 Å². The van der Waals surface area contributed by atoms with Gasteiger partial charge in [-0.3, -0.25) is 0 Å². The largest absolute Gasteiger partial charge is 0.318 e. The molecule has 1 saturated carbocycles. The van der Waals surface area contributed by atoms with Crippen LogP contribution in [0.2, 0.25) is 0 Å². The summed E-state index contributed by atoms with van der Waals surface area (Å²) in [5.74, 6) is 0.707. The number of hydrogen-bond acceptors (Lipinski definition) is 3. The Morgan fingerprint density at radius 1 is 1.24 bits per heavy atom. The van der Waals surface area contributed by atoms with Crippen LogP contribution in [0.25, 0.3) is 10.2 Å². The van der Waals surface area contributed by atoms with Crippen molar-refractivity contribution in [2.45, 2.75) is 40.0 Å². The van der Waals surface area contributed by atoms with Crippen LogP contribution >= 0.6 is 11.3 Å². The topological polar surface area (TPSA) is 29.6 Å². The van der Waals surface area contributed by atoms with Gasteiger partial charge in [0, 0.05) is 12.8 Å². The van der Waals surface area contributed by atoms with Gasteiger partial charge in [-0.15, -0.1) is 5.10 Å². The van der Waals surface area contributed by atoms with Gasteiger partial charge >= 0.3 is 0 Å². The zero-order chi connectivity index (χ0) is 15.0. The Hall–Kier alpha value is -1.42. The van der Waals surface area contributed by atoms with E-state index in [4.69, 9.17) is 0 Å². The second-order valence-corrected chi connectivity index (χ2v) is 8.04. The first-order valence-electron chi connectivity index (χ1n) is 7.59. The summed E-state index contributed by atoms with van der Waals surface area (Å²) in [4.78, 5) is 0.972. The third kappa shape index (κ3) is 3.10. The van der Waals surface area contributed by atoms with Gasteiger partial charge in [0.2, 0.25) is 4.80 Å². The molecule has 1 aliphatic rings. The summed E-state index contributed by atoms with van der Waals surface area (Å²) < 4.78 is 3.39. The summed E-state index contributed by atoms with van der Waals surface area (Å²) in [6.07, 6.45) is 3.43. The summed E-state index contributed by atoms with van der Waals surface area (Å²) in [5.41, 5.74) is 2.82. The van der Waals surface area contributed by atoms with Gasteiger partial charge in [-0.1, -0.05) is 44.2 Å². The summed E-state index contributed by atoms with van der Waals surface area (Å²) in [7, 11) is 2.06. The predicted octanol–water partition coefficient (Wildman–Crippen LogP) is 4.34. The fourth-order valence-electron chi connectivity index (χ4n) is 3.48. The summed E-state index contributed by atoms with van der Waals surface area (Å²) >= 11 is 1.70. The lowest BCUT2D eigenvalue weighted by molar-refractivity contribution is 0.265. The molecule has 2 aromatic rings. The first kappa shape index (κ1) is 14.5. The third-order valence-electron chi connectivity index (χ3n) is 4.16. The number of rotatable bonds is 1. The SMILES string of the molecule is C[C@H]1C/C(=N\N=c2\sc3ccccc3n2C)CC(C)(C)C1. The molecule has 3 rings (SSSR count). The number of thiazole rings is 1. The van der Waals surface area contributed by atoms with E-state index >= 15 is 0 Å². The molecule has 1 aromatic heterocycles. The van der Waals surface area contributed by atoms with E-state index in [2.05, 4.69) is 66.9 Å². The van der Waals surface area contributed by atoms with Crippen molar-refractivity contribution in [2.24, 2.45) is 28.6 Å². The third-order valence-corrected chi connectivity index (χ3v) is 5.26. The number of aromatic nitrogens is 1. The maximum atomic E-state index is 4.59. The van der Waals surface area contributed by atoms with Crippen molar-refractivity contribution in [1.82, 2.24) is 4.57 Å². The predicted molar refractivity (Wildman–Crippen MR) is 90.6 cm³/mol. The van der Waals surface area contributed by atoms with Crippen LogP contribution in [0.3, 0.4) is 0 Å². The van der Waals surface area contributed by atoms with E-state index in [0.717, 1.165) is 17.6 Å². The van der Waals surface area contributed by atoms with Gasteiger partial charge in [0.1, 0.15) is 0 Å². The van der Waals surface area contributed by atoms with Gasteiger partial charge < -0.3 is 4.57 Å². The van der Waals surface area contributed by atoms with Crippen molar-refractivity contribution in [3.63, 3.8) is 0 Å². The monoisotopic (exact) mass is 301 g/mol. The van der Waals surface area contributed by atoms with Crippen LogP contribution in [0, 0.1) is 11.3 Å². The smallest absolute Gasteiger partial charge is 0.211 e. The minimum atomic E-state index is 0.356. The first-order chi connectivity index (χ1) is 9.94. The fraction of sp³-hybridized carbons (Fsp3) is 0.529. The minimum absolute atomic E-state index is 0.356. The van der Waals surface area contributed by atoms with Gasteiger partial charge in [0.15, 0.2) is 0 Å². The highest BCUT2D eigenvalue weighted by atomic mass is 32.1. The molecule has 1 atom stereocenters. The van der Waals surface area contributed by atoms with Crippen LogP contribution in [0.4, 0.5) is 0 Å². The van der Waals surface area contributed by atoms with Gasteiger partial charge in [0.25, 0.3) is 0 Å². The molecular formula is C17H23N3S. The molecule has 0 spiro atoms. The van der Waals surface area contributed by atoms with Crippen LogP contribution in [0.15, 0.2) is 34.5 Å². The molecule has 0 aliphatic heterocycles. The lowest BCUT2D eigenvalue weighted by Gasteiger charge is -2.33. The molecule has 0 unspecified atom stereocenters. The molecule has 0 N–H and O–H groups in total. The Morgan fingerprint density at radius 2 is 2.00 bits per heavy atom. The lowest BCUT2D eigenvalue weighted by Crippen LogP contribution is -2.27. The molecular weight excluding hydrogens is 278 g/mol. The van der Waals surface area contributed by atoms with E-state index in [-0.39, 0.29) is 0 Å². The molecule has 3 nitrogen and oxygen atoms in total. The van der Waals surface area contributed by atoms with Gasteiger partial charge in [0.05, 0.1) is 10.2 Å². The van der Waals surface area contributed by atoms with E-state index in [1.54, 1.807) is 11.3 Å². The van der Waals surface area contributed by atoms with Gasteiger partial charge in [-0.2, -0.15) is 5.10 Å². The Morgan fingerprint density at radius 3 is 2.71 bits per heavy atom. The number of nitrogens with zero attached hydrogens (tertiary/aromatic N) is 3. The standard InChI is InChI=1S/C17H23N3S/c1-12-9-13(11-17(2,3)10-12)18-19-16-20(4)14-7-5-6-8-15(14)21-16/h5-8,12H,9-11H2,1-4H3/b18-13+,19-16+/t12-/m0/s1. The van der Waals surface area contributed by atoms with Crippen molar-refractivity contribution >= 4 is 27.3 Å². The fourth-order valence-corrected chi connectivity index (χ4v) is 4.45. The maximum Gasteiger partial charge on any atom is 0.211 e. The van der Waals surface area contributed by atoms with Crippen molar-refractivity contribution in [2.75, 3.05) is 0 Å². The molecule has 0 amide bonds. The zero-order valence-electron chi connectivity index (χ0n) is 13.3. The van der Waals surface area contributed by atoms with Crippen molar-refractivity contribution in [3.8, 4) is 0 Å². The van der Waals surface area contributed by atoms with E-state index in [1.807, 2.05) is 0 Å². The van der Waals surface area contributed by atoms with E-state index in [1.165, 1.54) is 22.3 Å². The second-order valence-electron chi connectivity index (χ2n) is 7.03. The molecule has 1 aliphatic carbocycles. The second kappa shape index (κ2) is 5.41. The van der Waals surface area contributed by atoms with Crippen LogP contribution in [-0.2, 0) is 7.05 Å². The van der Waals surface area contributed by atoms with E-state index < -0.39 is 0 Å². The minimum Gasteiger partial charge on any atom is -0.318 e. The summed E-state index contributed by atoms with van der Waals surface area (Å²) in [6, 6.07) is 8.40. The zero-order valence-corrected chi connectivity index (χ0v) is 14.1. The highest BCUT2D eigenvalue weighted by Crippen LogP contribution is 2.37. The Labute approximate surface area is 130 Å². The molecule has 0 bridgehead atoms. The number of benzene rings is 1. The number of aryl methyl sites for hydroxylation is 1. The van der Waals surface area contributed by atoms with Gasteiger partial charge in [-0.25, -0.2) is 0 Å². The van der Waals surface area contributed by atoms with Crippen LogP contribution in [-0.4, -0.2) is 10.3 Å². The Bertz CT molecular complexity index is 749. The average Bonchev–Trinajstić information content (AvgIpc) is 2.72. The molecule has 112 valence electrons. The molecule has 4 heteroatoms. The maximum absolute atomic E-state index is 4.59. The normalized spacial score (nSPS) is 24.9. The molecule has 0 radical (unpaired) electrons. The molecule has 1 fully saturated rings. The molecule has 1 aromatic carbocycles. The van der Waals surface area contributed by atoms with E-state index in [9.17, 15) is 0 Å². The number of hydrogen-bond donors (Lipinski definition) is 0. The van der Waals surface area contributed by atoms with Crippen molar-refractivity contribution < 1.29 is 0 Å². The molecule has 1 heterocycles. The van der Waals surface area contributed by atoms with Crippen LogP contribution < -0.4 is 4.80 Å². The van der Waals surface area contributed by atoms with Crippen molar-refractivity contribution in [3.05, 3.63) is 29.1 Å². The number of para-hydroxylation sites is 1. The summed E-state index contributed by atoms with van der Waals surface area (Å²) in [6.45, 7) is 6.98. The first-order valence-corrected chi connectivity index (χ1v) is 8.40.